The van der Waals surface area contributed by atoms with Crippen LogP contribution in [0.2, 0.25) is 0 Å². The van der Waals surface area contributed by atoms with E-state index in [1.807, 2.05) is 44.2 Å². The Labute approximate surface area is 130 Å². The van der Waals surface area contributed by atoms with Gasteiger partial charge in [-0.3, -0.25) is 4.79 Å². The lowest BCUT2D eigenvalue weighted by molar-refractivity contribution is -0.123. The Morgan fingerprint density at radius 3 is 2.68 bits per heavy atom. The van der Waals surface area contributed by atoms with Crippen molar-refractivity contribution in [2.75, 3.05) is 5.01 Å². The number of amides is 1. The number of hydrazone groups is 1. The van der Waals surface area contributed by atoms with Crippen LogP contribution in [0, 0.1) is 22.7 Å². The van der Waals surface area contributed by atoms with Crippen molar-refractivity contribution in [3.8, 4) is 6.07 Å². The van der Waals surface area contributed by atoms with E-state index in [1.165, 1.54) is 5.01 Å². The largest absolute Gasteiger partial charge is 0.271 e. The molecule has 0 fully saturated rings. The van der Waals surface area contributed by atoms with Crippen molar-refractivity contribution >= 4 is 17.3 Å². The number of rotatable bonds is 3. The highest BCUT2D eigenvalue weighted by Gasteiger charge is 2.56. The SMILES string of the molecule is CC1=NN(c2ccccc2)C(=O)C1(C1=CCCC1)C(C)C#N. The number of allylic oxidation sites excluding steroid dienone is 1. The molecule has 0 bridgehead atoms. The molecule has 112 valence electrons. The molecule has 2 unspecified atom stereocenters. The number of carbonyl (C=O) groups is 1. The third-order valence-electron chi connectivity index (χ3n) is 4.74. The van der Waals surface area contributed by atoms with E-state index in [9.17, 15) is 10.1 Å². The van der Waals surface area contributed by atoms with Crippen LogP contribution < -0.4 is 5.01 Å². The number of hydrogen-bond donors (Lipinski definition) is 0. The maximum absolute atomic E-state index is 13.2. The summed E-state index contributed by atoms with van der Waals surface area (Å²) in [5.41, 5.74) is 1.65. The van der Waals surface area contributed by atoms with Crippen molar-refractivity contribution < 1.29 is 4.79 Å². The first-order valence-electron chi connectivity index (χ1n) is 7.66. The van der Waals surface area contributed by atoms with Crippen molar-refractivity contribution in [1.82, 2.24) is 0 Å². The molecule has 0 saturated heterocycles. The summed E-state index contributed by atoms with van der Waals surface area (Å²) in [6.45, 7) is 3.69. The molecule has 1 aliphatic carbocycles. The number of anilines is 1. The zero-order valence-corrected chi connectivity index (χ0v) is 12.9. The highest BCUT2D eigenvalue weighted by Crippen LogP contribution is 2.48. The van der Waals surface area contributed by atoms with Crippen LogP contribution in [0.25, 0.3) is 0 Å². The summed E-state index contributed by atoms with van der Waals surface area (Å²) in [6, 6.07) is 11.7. The number of hydrogen-bond acceptors (Lipinski definition) is 3. The second-order valence-corrected chi connectivity index (χ2v) is 5.92. The molecule has 3 rings (SSSR count). The van der Waals surface area contributed by atoms with E-state index in [4.69, 9.17) is 0 Å². The average molecular weight is 293 g/mol. The van der Waals surface area contributed by atoms with Gasteiger partial charge in [0, 0.05) is 0 Å². The molecule has 1 aromatic carbocycles. The molecule has 1 heterocycles. The third kappa shape index (κ3) is 1.89. The fourth-order valence-corrected chi connectivity index (χ4v) is 3.61. The van der Waals surface area contributed by atoms with Gasteiger partial charge in [-0.1, -0.05) is 29.8 Å². The van der Waals surface area contributed by atoms with Crippen molar-refractivity contribution in [3.05, 3.63) is 42.0 Å². The van der Waals surface area contributed by atoms with Gasteiger partial charge in [-0.15, -0.1) is 0 Å². The first-order chi connectivity index (χ1) is 10.6. The average Bonchev–Trinajstić information content (AvgIpc) is 3.15. The van der Waals surface area contributed by atoms with Crippen LogP contribution in [-0.2, 0) is 4.79 Å². The van der Waals surface area contributed by atoms with Gasteiger partial charge in [0.05, 0.1) is 23.4 Å². The lowest BCUT2D eigenvalue weighted by atomic mass is 9.67. The Bertz CT molecular complexity index is 699. The van der Waals surface area contributed by atoms with Gasteiger partial charge in [-0.05, 0) is 45.2 Å². The first-order valence-corrected chi connectivity index (χ1v) is 7.66. The molecular weight excluding hydrogens is 274 g/mol. The van der Waals surface area contributed by atoms with Crippen molar-refractivity contribution in [3.63, 3.8) is 0 Å². The third-order valence-corrected chi connectivity index (χ3v) is 4.74. The van der Waals surface area contributed by atoms with Crippen LogP contribution in [0.5, 0.6) is 0 Å². The zero-order chi connectivity index (χ0) is 15.7. The summed E-state index contributed by atoms with van der Waals surface area (Å²) >= 11 is 0. The van der Waals surface area contributed by atoms with E-state index in [0.29, 0.717) is 0 Å². The molecule has 4 heteroatoms. The van der Waals surface area contributed by atoms with E-state index < -0.39 is 11.3 Å². The minimum Gasteiger partial charge on any atom is -0.271 e. The number of nitriles is 1. The van der Waals surface area contributed by atoms with Gasteiger partial charge < -0.3 is 0 Å². The van der Waals surface area contributed by atoms with Crippen molar-refractivity contribution in [2.45, 2.75) is 33.1 Å². The lowest BCUT2D eigenvalue weighted by Crippen LogP contribution is -2.45. The topological polar surface area (TPSA) is 56.5 Å². The van der Waals surface area contributed by atoms with Crippen LogP contribution in [0.4, 0.5) is 5.69 Å². The number of benzene rings is 1. The second kappa shape index (κ2) is 5.42. The maximum atomic E-state index is 13.2. The Balaban J connectivity index is 2.11. The summed E-state index contributed by atoms with van der Waals surface area (Å²) in [5.74, 6) is -0.528. The smallest absolute Gasteiger partial charge is 0.264 e. The predicted octanol–water partition coefficient (Wildman–Crippen LogP) is 3.67. The molecule has 2 aliphatic rings. The Morgan fingerprint density at radius 2 is 2.09 bits per heavy atom. The number of carbonyl (C=O) groups excluding carboxylic acids is 1. The molecule has 0 saturated carbocycles. The molecule has 4 nitrogen and oxygen atoms in total. The molecule has 0 spiro atoms. The quantitative estimate of drug-likeness (QED) is 0.798. The molecule has 0 aromatic heterocycles. The van der Waals surface area contributed by atoms with Crippen LogP contribution >= 0.6 is 0 Å². The number of nitrogens with zero attached hydrogens (tertiary/aromatic N) is 3. The molecule has 0 radical (unpaired) electrons. The highest BCUT2D eigenvalue weighted by molar-refractivity contribution is 6.21. The molecule has 22 heavy (non-hydrogen) atoms. The fraction of sp³-hybridized carbons (Fsp3) is 0.389. The van der Waals surface area contributed by atoms with Gasteiger partial charge in [0.2, 0.25) is 0 Å². The molecule has 0 N–H and O–H groups in total. The molecule has 2 atom stereocenters. The van der Waals surface area contributed by atoms with Gasteiger partial charge in [0.1, 0.15) is 5.41 Å². The minimum atomic E-state index is -0.888. The predicted molar refractivity (Wildman–Crippen MR) is 86.2 cm³/mol. The van der Waals surface area contributed by atoms with Gasteiger partial charge in [-0.2, -0.15) is 15.4 Å². The summed E-state index contributed by atoms with van der Waals surface area (Å²) < 4.78 is 0. The van der Waals surface area contributed by atoms with Gasteiger partial charge in [0.15, 0.2) is 0 Å². The van der Waals surface area contributed by atoms with Crippen LogP contribution in [0.3, 0.4) is 0 Å². The van der Waals surface area contributed by atoms with Gasteiger partial charge in [-0.25, -0.2) is 0 Å². The standard InChI is InChI=1S/C18H19N3O/c1-13(12-19)18(15-8-6-7-9-15)14(2)20-21(17(18)22)16-10-4-3-5-11-16/h3-5,8,10-11,13H,6-7,9H2,1-2H3. The highest BCUT2D eigenvalue weighted by atomic mass is 16.2. The summed E-state index contributed by atoms with van der Waals surface area (Å²) in [5, 5.41) is 15.5. The van der Waals surface area contributed by atoms with Gasteiger partial charge in [0.25, 0.3) is 5.91 Å². The Hall–Kier alpha value is -2.41. The van der Waals surface area contributed by atoms with E-state index >= 15 is 0 Å². The van der Waals surface area contributed by atoms with Gasteiger partial charge >= 0.3 is 0 Å². The summed E-state index contributed by atoms with van der Waals surface area (Å²) in [7, 11) is 0. The summed E-state index contributed by atoms with van der Waals surface area (Å²) in [6.07, 6.45) is 5.01. The van der Waals surface area contributed by atoms with Crippen LogP contribution in [0.15, 0.2) is 47.1 Å². The van der Waals surface area contributed by atoms with E-state index in [-0.39, 0.29) is 5.91 Å². The van der Waals surface area contributed by atoms with Crippen LogP contribution in [-0.4, -0.2) is 11.6 Å². The zero-order valence-electron chi connectivity index (χ0n) is 12.9. The molecule has 1 aromatic rings. The Morgan fingerprint density at radius 1 is 1.36 bits per heavy atom. The van der Waals surface area contributed by atoms with Crippen LogP contribution in [0.1, 0.15) is 33.1 Å². The molecular formula is C18H19N3O. The fourth-order valence-electron chi connectivity index (χ4n) is 3.61. The lowest BCUT2D eigenvalue weighted by Gasteiger charge is -2.32. The maximum Gasteiger partial charge on any atom is 0.264 e. The molecule has 1 amide bonds. The monoisotopic (exact) mass is 293 g/mol. The first kappa shape index (κ1) is 14.5. The van der Waals surface area contributed by atoms with Crippen molar-refractivity contribution in [1.29, 1.82) is 5.26 Å². The van der Waals surface area contributed by atoms with E-state index in [0.717, 1.165) is 36.2 Å². The Kier molecular flexibility index (Phi) is 3.58. The normalized spacial score (nSPS) is 25.7. The van der Waals surface area contributed by atoms with E-state index in [1.54, 1.807) is 0 Å². The second-order valence-electron chi connectivity index (χ2n) is 5.92. The molecule has 1 aliphatic heterocycles. The minimum absolute atomic E-state index is 0.0987. The van der Waals surface area contributed by atoms with Crippen molar-refractivity contribution in [2.24, 2.45) is 16.4 Å². The van der Waals surface area contributed by atoms with E-state index in [2.05, 4.69) is 17.2 Å². The summed E-state index contributed by atoms with van der Waals surface area (Å²) in [4.78, 5) is 13.2. The number of para-hydroxylation sites is 1.